The normalized spacial score (nSPS) is 12.2. The Hall–Kier alpha value is -2.69. The monoisotopic (exact) mass is 269 g/mol. The van der Waals surface area contributed by atoms with E-state index in [0.717, 1.165) is 17.1 Å². The molecule has 0 saturated carbocycles. The van der Waals surface area contributed by atoms with E-state index in [0.29, 0.717) is 0 Å². The molecular formula is C15H15N3O2. The number of rotatable bonds is 4. The molecule has 102 valence electrons. The van der Waals surface area contributed by atoms with E-state index in [9.17, 15) is 4.79 Å². The second-order valence-electron chi connectivity index (χ2n) is 4.56. The van der Waals surface area contributed by atoms with Crippen LogP contribution in [0.25, 0.3) is 5.69 Å². The Morgan fingerprint density at radius 2 is 2.05 bits per heavy atom. The van der Waals surface area contributed by atoms with Crippen molar-refractivity contribution < 1.29 is 4.42 Å². The molecular weight excluding hydrogens is 254 g/mol. The minimum absolute atomic E-state index is 0.0887. The minimum Gasteiger partial charge on any atom is -0.467 e. The van der Waals surface area contributed by atoms with Crippen molar-refractivity contribution in [2.45, 2.75) is 13.0 Å². The highest BCUT2D eigenvalue weighted by Gasteiger charge is 2.08. The molecule has 0 aliphatic heterocycles. The predicted molar refractivity (Wildman–Crippen MR) is 77.1 cm³/mol. The van der Waals surface area contributed by atoms with Crippen LogP contribution in [0.3, 0.4) is 0 Å². The largest absolute Gasteiger partial charge is 0.467 e. The van der Waals surface area contributed by atoms with Gasteiger partial charge in [0.15, 0.2) is 0 Å². The molecule has 3 aromatic rings. The number of imidazole rings is 1. The number of aromatic amines is 1. The molecule has 0 spiro atoms. The van der Waals surface area contributed by atoms with Gasteiger partial charge in [0, 0.05) is 18.1 Å². The lowest BCUT2D eigenvalue weighted by Gasteiger charge is -2.13. The topological polar surface area (TPSA) is 63.0 Å². The molecule has 0 aliphatic carbocycles. The molecule has 3 rings (SSSR count). The van der Waals surface area contributed by atoms with Crippen molar-refractivity contribution in [3.05, 3.63) is 71.3 Å². The maximum absolute atomic E-state index is 11.5. The molecule has 0 saturated heterocycles. The van der Waals surface area contributed by atoms with Gasteiger partial charge in [-0.05, 0) is 43.3 Å². The standard InChI is InChI=1S/C15H15N3O2/c1-11(14-3-2-10-20-14)17-12-4-6-13(7-5-12)18-9-8-16-15(18)19/h2-11,17H,1H3,(H,16,19). The number of aromatic nitrogens is 2. The lowest BCUT2D eigenvalue weighted by molar-refractivity contribution is 0.490. The number of nitrogens with one attached hydrogen (secondary N) is 2. The molecule has 0 bridgehead atoms. The lowest BCUT2D eigenvalue weighted by Crippen LogP contribution is -2.14. The van der Waals surface area contributed by atoms with Gasteiger partial charge in [-0.3, -0.25) is 4.57 Å². The molecule has 0 radical (unpaired) electrons. The molecule has 20 heavy (non-hydrogen) atoms. The summed E-state index contributed by atoms with van der Waals surface area (Å²) in [5.41, 5.74) is 1.66. The van der Waals surface area contributed by atoms with Crippen LogP contribution >= 0.6 is 0 Å². The highest BCUT2D eigenvalue weighted by atomic mass is 16.3. The number of nitrogens with zero attached hydrogens (tertiary/aromatic N) is 1. The average molecular weight is 269 g/mol. The second kappa shape index (κ2) is 5.13. The molecule has 5 nitrogen and oxygen atoms in total. The van der Waals surface area contributed by atoms with Crippen molar-refractivity contribution in [2.24, 2.45) is 0 Å². The number of furan rings is 1. The number of hydrogen-bond donors (Lipinski definition) is 2. The van der Waals surface area contributed by atoms with Gasteiger partial charge in [-0.25, -0.2) is 4.79 Å². The van der Waals surface area contributed by atoms with Gasteiger partial charge in [0.25, 0.3) is 0 Å². The van der Waals surface area contributed by atoms with Crippen LogP contribution in [0.4, 0.5) is 5.69 Å². The van der Waals surface area contributed by atoms with E-state index < -0.39 is 0 Å². The quantitative estimate of drug-likeness (QED) is 0.765. The Labute approximate surface area is 115 Å². The van der Waals surface area contributed by atoms with Crippen molar-refractivity contribution in [3.63, 3.8) is 0 Å². The Balaban J connectivity index is 1.77. The van der Waals surface area contributed by atoms with E-state index in [2.05, 4.69) is 10.3 Å². The smallest absolute Gasteiger partial charge is 0.330 e. The Bertz CT molecular complexity index is 723. The molecule has 1 unspecified atom stereocenters. The molecule has 1 aromatic carbocycles. The first-order valence-electron chi connectivity index (χ1n) is 6.40. The summed E-state index contributed by atoms with van der Waals surface area (Å²) in [5, 5.41) is 3.34. The van der Waals surface area contributed by atoms with Crippen molar-refractivity contribution >= 4 is 5.69 Å². The predicted octanol–water partition coefficient (Wildman–Crippen LogP) is 2.93. The fourth-order valence-electron chi connectivity index (χ4n) is 2.10. The average Bonchev–Trinajstić information content (AvgIpc) is 3.11. The van der Waals surface area contributed by atoms with E-state index >= 15 is 0 Å². The van der Waals surface area contributed by atoms with Crippen molar-refractivity contribution in [1.82, 2.24) is 9.55 Å². The summed E-state index contributed by atoms with van der Waals surface area (Å²) in [7, 11) is 0. The molecule has 2 aromatic heterocycles. The number of H-pyrrole nitrogens is 1. The fourth-order valence-corrected chi connectivity index (χ4v) is 2.10. The minimum atomic E-state index is -0.144. The summed E-state index contributed by atoms with van der Waals surface area (Å²) in [6.45, 7) is 2.03. The van der Waals surface area contributed by atoms with Gasteiger partial charge in [-0.1, -0.05) is 0 Å². The zero-order valence-corrected chi connectivity index (χ0v) is 11.0. The second-order valence-corrected chi connectivity index (χ2v) is 4.56. The van der Waals surface area contributed by atoms with E-state index in [1.165, 1.54) is 0 Å². The maximum atomic E-state index is 11.5. The molecule has 2 N–H and O–H groups in total. The van der Waals surface area contributed by atoms with Crippen LogP contribution in [0.2, 0.25) is 0 Å². The third-order valence-corrected chi connectivity index (χ3v) is 3.15. The zero-order chi connectivity index (χ0) is 13.9. The third-order valence-electron chi connectivity index (χ3n) is 3.15. The highest BCUT2D eigenvalue weighted by Crippen LogP contribution is 2.20. The van der Waals surface area contributed by atoms with E-state index in [-0.39, 0.29) is 11.7 Å². The van der Waals surface area contributed by atoms with E-state index in [1.54, 1.807) is 23.2 Å². The summed E-state index contributed by atoms with van der Waals surface area (Å²) in [6.07, 6.45) is 4.98. The zero-order valence-electron chi connectivity index (χ0n) is 11.0. The molecule has 0 amide bonds. The molecule has 0 fully saturated rings. The summed E-state index contributed by atoms with van der Waals surface area (Å²) in [6, 6.07) is 11.6. The summed E-state index contributed by atoms with van der Waals surface area (Å²) < 4.78 is 6.91. The fraction of sp³-hybridized carbons (Fsp3) is 0.133. The van der Waals surface area contributed by atoms with E-state index in [4.69, 9.17) is 4.42 Å². The SMILES string of the molecule is CC(Nc1ccc(-n2cc[nH]c2=O)cc1)c1ccco1. The lowest BCUT2D eigenvalue weighted by atomic mass is 10.2. The van der Waals surface area contributed by atoms with Gasteiger partial charge < -0.3 is 14.7 Å². The Kier molecular flexibility index (Phi) is 3.16. The van der Waals surface area contributed by atoms with Crippen LogP contribution < -0.4 is 11.0 Å². The van der Waals surface area contributed by atoms with Crippen LogP contribution in [-0.2, 0) is 0 Å². The molecule has 2 heterocycles. The molecule has 1 atom stereocenters. The summed E-state index contributed by atoms with van der Waals surface area (Å²) in [4.78, 5) is 14.1. The summed E-state index contributed by atoms with van der Waals surface area (Å²) in [5.74, 6) is 0.885. The van der Waals surface area contributed by atoms with Crippen molar-refractivity contribution in [1.29, 1.82) is 0 Å². The van der Waals surface area contributed by atoms with Crippen molar-refractivity contribution in [2.75, 3.05) is 5.32 Å². The van der Waals surface area contributed by atoms with Gasteiger partial charge in [0.1, 0.15) is 5.76 Å². The van der Waals surface area contributed by atoms with Crippen molar-refractivity contribution in [3.8, 4) is 5.69 Å². The van der Waals surface area contributed by atoms with E-state index in [1.807, 2.05) is 43.3 Å². The molecule has 5 heteroatoms. The third kappa shape index (κ3) is 2.38. The van der Waals surface area contributed by atoms with Gasteiger partial charge in [-0.15, -0.1) is 0 Å². The van der Waals surface area contributed by atoms with Crippen LogP contribution in [0.15, 0.2) is 64.3 Å². The van der Waals surface area contributed by atoms with Crippen LogP contribution in [0.1, 0.15) is 18.7 Å². The first-order chi connectivity index (χ1) is 9.74. The number of hydrogen-bond acceptors (Lipinski definition) is 3. The van der Waals surface area contributed by atoms with Gasteiger partial charge in [-0.2, -0.15) is 0 Å². The Morgan fingerprint density at radius 1 is 1.25 bits per heavy atom. The maximum Gasteiger partial charge on any atom is 0.330 e. The first kappa shape index (κ1) is 12.3. The van der Waals surface area contributed by atoms with Gasteiger partial charge in [0.2, 0.25) is 0 Å². The Morgan fingerprint density at radius 3 is 2.65 bits per heavy atom. The number of anilines is 1. The van der Waals surface area contributed by atoms with Crippen LogP contribution in [0, 0.1) is 0 Å². The van der Waals surface area contributed by atoms with Crippen LogP contribution in [-0.4, -0.2) is 9.55 Å². The summed E-state index contributed by atoms with van der Waals surface area (Å²) >= 11 is 0. The van der Waals surface area contributed by atoms with Gasteiger partial charge >= 0.3 is 5.69 Å². The van der Waals surface area contributed by atoms with Gasteiger partial charge in [0.05, 0.1) is 18.0 Å². The van der Waals surface area contributed by atoms with Crippen LogP contribution in [0.5, 0.6) is 0 Å². The first-order valence-corrected chi connectivity index (χ1v) is 6.40. The number of benzene rings is 1. The highest BCUT2D eigenvalue weighted by molar-refractivity contribution is 5.49. The molecule has 0 aliphatic rings.